The Hall–Kier alpha value is -2.47. The summed E-state index contributed by atoms with van der Waals surface area (Å²) in [5.74, 6) is -0.387. The topological polar surface area (TPSA) is 113 Å². The number of rotatable bonds is 7. The third kappa shape index (κ3) is 5.29. The van der Waals surface area contributed by atoms with Crippen molar-refractivity contribution in [3.63, 3.8) is 0 Å². The molecule has 0 aromatic heterocycles. The average Bonchev–Trinajstić information content (AvgIpc) is 2.82. The van der Waals surface area contributed by atoms with Crippen LogP contribution in [0.5, 0.6) is 5.75 Å². The molecule has 0 bridgehead atoms. The molecule has 1 saturated heterocycles. The Labute approximate surface area is 214 Å². The van der Waals surface area contributed by atoms with Crippen molar-refractivity contribution >= 4 is 31.6 Å². The summed E-state index contributed by atoms with van der Waals surface area (Å²) in [5.41, 5.74) is 3.61. The van der Waals surface area contributed by atoms with Gasteiger partial charge in [0.05, 0.1) is 22.6 Å². The summed E-state index contributed by atoms with van der Waals surface area (Å²) in [6.45, 7) is 7.91. The second-order valence-corrected chi connectivity index (χ2v) is 13.4. The van der Waals surface area contributed by atoms with Crippen LogP contribution in [0.2, 0.25) is 0 Å². The highest BCUT2D eigenvalue weighted by atomic mass is 32.2. The molecule has 0 atom stereocenters. The zero-order chi connectivity index (χ0) is 27.0. The second kappa shape index (κ2) is 10.5. The largest absolute Gasteiger partial charge is 0.495 e. The monoisotopic (exact) mass is 537 g/mol. The smallest absolute Gasteiger partial charge is 0.243 e. The number of hydrogen-bond acceptors (Lipinski definition) is 6. The van der Waals surface area contributed by atoms with Crippen LogP contribution in [0.1, 0.15) is 35.1 Å². The van der Waals surface area contributed by atoms with E-state index in [2.05, 4.69) is 5.32 Å². The molecule has 1 amide bonds. The predicted octanol–water partition coefficient (Wildman–Crippen LogP) is 3.22. The van der Waals surface area contributed by atoms with E-state index in [1.54, 1.807) is 0 Å². The van der Waals surface area contributed by atoms with Gasteiger partial charge in [-0.3, -0.25) is 4.79 Å². The molecule has 0 spiro atoms. The highest BCUT2D eigenvalue weighted by Crippen LogP contribution is 2.33. The predicted molar refractivity (Wildman–Crippen MR) is 139 cm³/mol. The number of methoxy groups -OCH3 is 1. The maximum absolute atomic E-state index is 13.5. The maximum Gasteiger partial charge on any atom is 0.243 e. The molecular weight excluding hydrogens is 502 g/mol. The third-order valence-corrected chi connectivity index (χ3v) is 10.9. The number of nitrogens with zero attached hydrogens (tertiary/aromatic N) is 2. The van der Waals surface area contributed by atoms with Crippen molar-refractivity contribution in [3.05, 3.63) is 46.5 Å². The Kier molecular flexibility index (Phi) is 8.19. The van der Waals surface area contributed by atoms with E-state index in [1.807, 2.05) is 33.8 Å². The molecule has 3 rings (SSSR count). The number of anilines is 1. The van der Waals surface area contributed by atoms with Gasteiger partial charge in [0.1, 0.15) is 5.75 Å². The molecule has 1 N–H and O–H groups in total. The lowest BCUT2D eigenvalue weighted by molar-refractivity contribution is -0.120. The molecule has 1 aliphatic rings. The Balaban J connectivity index is 1.78. The minimum absolute atomic E-state index is 0.0312. The molecule has 198 valence electrons. The van der Waals surface area contributed by atoms with Crippen molar-refractivity contribution in [1.29, 1.82) is 0 Å². The molecule has 0 saturated carbocycles. The number of amides is 1. The van der Waals surface area contributed by atoms with E-state index >= 15 is 0 Å². The molecule has 2 aromatic carbocycles. The molecule has 0 unspecified atom stereocenters. The standard InChI is InChI=1S/C25H35N3O6S2/c1-16-14-17(2)19(4)24(18(16)3)36(32,33)28-12-10-20(11-13-28)25(29)26-22-15-21(8-9-23(22)34-7)35(30,31)27(5)6/h8-9,14-15,20H,10-13H2,1-7H3,(H,26,29). The van der Waals surface area contributed by atoms with Gasteiger partial charge in [0.2, 0.25) is 26.0 Å². The van der Waals surface area contributed by atoms with Crippen LogP contribution < -0.4 is 10.1 Å². The fraction of sp³-hybridized carbons (Fsp3) is 0.480. The first-order chi connectivity index (χ1) is 16.7. The molecule has 0 aliphatic carbocycles. The van der Waals surface area contributed by atoms with Crippen LogP contribution in [-0.2, 0) is 24.8 Å². The fourth-order valence-electron chi connectivity index (χ4n) is 4.45. The molecule has 0 radical (unpaired) electrons. The van der Waals surface area contributed by atoms with Gasteiger partial charge in [-0.05, 0) is 81.0 Å². The Morgan fingerprint density at radius 2 is 1.53 bits per heavy atom. The number of sulfonamides is 2. The van der Waals surface area contributed by atoms with E-state index in [4.69, 9.17) is 4.74 Å². The zero-order valence-electron chi connectivity index (χ0n) is 21.9. The number of nitrogens with one attached hydrogen (secondary N) is 1. The average molecular weight is 538 g/mol. The van der Waals surface area contributed by atoms with Gasteiger partial charge < -0.3 is 10.1 Å². The Bertz CT molecular complexity index is 1350. The van der Waals surface area contributed by atoms with E-state index in [0.717, 1.165) is 26.6 Å². The van der Waals surface area contributed by atoms with E-state index in [-0.39, 0.29) is 29.6 Å². The Morgan fingerprint density at radius 3 is 2.03 bits per heavy atom. The van der Waals surface area contributed by atoms with E-state index in [0.29, 0.717) is 23.5 Å². The van der Waals surface area contributed by atoms with E-state index in [1.165, 1.54) is 43.7 Å². The summed E-state index contributed by atoms with van der Waals surface area (Å²) in [7, 11) is -3.10. The lowest BCUT2D eigenvalue weighted by Gasteiger charge is -2.32. The molecule has 1 fully saturated rings. The second-order valence-electron chi connectivity index (χ2n) is 9.41. The number of carbonyl (C=O) groups is 1. The van der Waals surface area contributed by atoms with Crippen LogP contribution in [0.25, 0.3) is 0 Å². The molecule has 11 heteroatoms. The van der Waals surface area contributed by atoms with Crippen LogP contribution in [-0.4, -0.2) is 65.6 Å². The number of benzene rings is 2. The number of piperidine rings is 1. The normalized spacial score (nSPS) is 15.8. The summed E-state index contributed by atoms with van der Waals surface area (Å²) >= 11 is 0. The number of aryl methyl sites for hydroxylation is 2. The highest BCUT2D eigenvalue weighted by Gasteiger charge is 2.34. The first-order valence-corrected chi connectivity index (χ1v) is 14.6. The van der Waals surface area contributed by atoms with Crippen molar-refractivity contribution in [2.45, 2.75) is 50.3 Å². The molecule has 2 aromatic rings. The molecule has 1 heterocycles. The van der Waals surface area contributed by atoms with Crippen molar-refractivity contribution in [3.8, 4) is 5.75 Å². The fourth-order valence-corrected chi connectivity index (χ4v) is 7.42. The lowest BCUT2D eigenvalue weighted by Crippen LogP contribution is -2.42. The first kappa shape index (κ1) is 28.1. The summed E-state index contributed by atoms with van der Waals surface area (Å²) in [4.78, 5) is 13.4. The van der Waals surface area contributed by atoms with Crippen molar-refractivity contribution in [2.24, 2.45) is 5.92 Å². The number of carbonyl (C=O) groups excluding carboxylic acids is 1. The summed E-state index contributed by atoms with van der Waals surface area (Å²) < 4.78 is 59.9. The zero-order valence-corrected chi connectivity index (χ0v) is 23.5. The quantitative estimate of drug-likeness (QED) is 0.580. The van der Waals surface area contributed by atoms with Gasteiger partial charge in [0.15, 0.2) is 0 Å². The molecular formula is C25H35N3O6S2. The maximum atomic E-state index is 13.5. The van der Waals surface area contributed by atoms with Crippen LogP contribution >= 0.6 is 0 Å². The van der Waals surface area contributed by atoms with Gasteiger partial charge >= 0.3 is 0 Å². The first-order valence-electron chi connectivity index (χ1n) is 11.7. The van der Waals surface area contributed by atoms with Crippen LogP contribution in [0.15, 0.2) is 34.1 Å². The molecule has 36 heavy (non-hydrogen) atoms. The van der Waals surface area contributed by atoms with E-state index < -0.39 is 26.0 Å². The van der Waals surface area contributed by atoms with Crippen LogP contribution in [0, 0.1) is 33.6 Å². The van der Waals surface area contributed by atoms with Crippen molar-refractivity contribution < 1.29 is 26.4 Å². The van der Waals surface area contributed by atoms with Gasteiger partial charge in [-0.2, -0.15) is 4.31 Å². The van der Waals surface area contributed by atoms with Gasteiger partial charge in [-0.25, -0.2) is 21.1 Å². The third-order valence-electron chi connectivity index (χ3n) is 6.93. The van der Waals surface area contributed by atoms with Gasteiger partial charge in [0.25, 0.3) is 0 Å². The molecule has 9 nitrogen and oxygen atoms in total. The van der Waals surface area contributed by atoms with Crippen LogP contribution in [0.4, 0.5) is 5.69 Å². The Morgan fingerprint density at radius 1 is 0.972 bits per heavy atom. The number of hydrogen-bond donors (Lipinski definition) is 1. The number of ether oxygens (including phenoxy) is 1. The lowest BCUT2D eigenvalue weighted by atomic mass is 9.97. The SMILES string of the molecule is COc1ccc(S(=O)(=O)N(C)C)cc1NC(=O)C1CCN(S(=O)(=O)c2c(C)c(C)cc(C)c2C)CC1. The van der Waals surface area contributed by atoms with Crippen molar-refractivity contribution in [1.82, 2.24) is 8.61 Å². The van der Waals surface area contributed by atoms with Gasteiger partial charge in [0, 0.05) is 33.1 Å². The summed E-state index contributed by atoms with van der Waals surface area (Å²) in [6.07, 6.45) is 0.706. The summed E-state index contributed by atoms with van der Waals surface area (Å²) in [6, 6.07) is 6.28. The minimum atomic E-state index is -3.71. The summed E-state index contributed by atoms with van der Waals surface area (Å²) in [5, 5.41) is 2.79. The van der Waals surface area contributed by atoms with Gasteiger partial charge in [-0.1, -0.05) is 6.07 Å². The van der Waals surface area contributed by atoms with Crippen molar-refractivity contribution in [2.75, 3.05) is 39.6 Å². The minimum Gasteiger partial charge on any atom is -0.495 e. The van der Waals surface area contributed by atoms with Gasteiger partial charge in [-0.15, -0.1) is 0 Å². The molecule has 1 aliphatic heterocycles. The van der Waals surface area contributed by atoms with Crippen LogP contribution in [0.3, 0.4) is 0 Å². The van der Waals surface area contributed by atoms with E-state index in [9.17, 15) is 21.6 Å². The highest BCUT2D eigenvalue weighted by molar-refractivity contribution is 7.89.